The maximum Gasteiger partial charge on any atom is 0.313 e. The minimum absolute atomic E-state index is 0.0970. The van der Waals surface area contributed by atoms with Crippen molar-refractivity contribution in [3.8, 4) is 0 Å². The SMILES string of the molecule is CNC(COC(=O)CP(=O)(C(=O)c1c(C)cc(C)cc1C)C1CCCCC1)CC(C)(NC)NC. The normalized spacial score (nSPS) is 17.7. The summed E-state index contributed by atoms with van der Waals surface area (Å²) in [6, 6.07) is 3.80. The summed E-state index contributed by atoms with van der Waals surface area (Å²) in [5.74, 6) is -0.555. The molecule has 0 aliphatic heterocycles. The zero-order valence-electron chi connectivity index (χ0n) is 22.0. The molecule has 0 spiro atoms. The molecule has 1 aromatic carbocycles. The van der Waals surface area contributed by atoms with Gasteiger partial charge in [0.05, 0.1) is 5.66 Å². The van der Waals surface area contributed by atoms with Crippen LogP contribution in [0, 0.1) is 20.8 Å². The number of carbonyl (C=O) groups is 2. The molecule has 0 saturated heterocycles. The van der Waals surface area contributed by atoms with Gasteiger partial charge in [0.25, 0.3) is 0 Å². The van der Waals surface area contributed by atoms with E-state index >= 15 is 0 Å². The molecule has 0 heterocycles. The van der Waals surface area contributed by atoms with Crippen LogP contribution in [-0.4, -0.2) is 62.8 Å². The molecule has 1 aliphatic carbocycles. The summed E-state index contributed by atoms with van der Waals surface area (Å²) in [4.78, 5) is 26.8. The Morgan fingerprint density at radius 2 is 1.62 bits per heavy atom. The van der Waals surface area contributed by atoms with Crippen LogP contribution >= 0.6 is 7.14 Å². The van der Waals surface area contributed by atoms with Gasteiger partial charge in [-0.3, -0.25) is 9.59 Å². The van der Waals surface area contributed by atoms with Crippen molar-refractivity contribution >= 4 is 18.6 Å². The smallest absolute Gasteiger partial charge is 0.313 e. The van der Waals surface area contributed by atoms with Crippen molar-refractivity contribution in [1.29, 1.82) is 0 Å². The van der Waals surface area contributed by atoms with Crippen molar-refractivity contribution in [2.75, 3.05) is 33.9 Å². The molecule has 2 atom stereocenters. The standard InChI is InChI=1S/C26H44N3O4P/c1-18-13-19(2)24(20(3)14-18)25(31)34(32,22-11-9-8-10-12-22)17-23(30)33-16-21(27-5)15-26(4,28-6)29-7/h13-14,21-22,27-29H,8-12,15-17H2,1-7H3. The molecule has 0 aromatic heterocycles. The van der Waals surface area contributed by atoms with E-state index in [1.807, 2.05) is 61.0 Å². The zero-order valence-corrected chi connectivity index (χ0v) is 22.9. The van der Waals surface area contributed by atoms with Gasteiger partial charge in [-0.2, -0.15) is 0 Å². The molecule has 0 radical (unpaired) electrons. The Balaban J connectivity index is 2.24. The van der Waals surface area contributed by atoms with Gasteiger partial charge in [0.15, 0.2) is 7.14 Å². The molecular formula is C26H44N3O4P. The average Bonchev–Trinajstić information content (AvgIpc) is 2.81. The summed E-state index contributed by atoms with van der Waals surface area (Å²) in [5, 5.41) is 9.64. The molecule has 1 fully saturated rings. The fourth-order valence-electron chi connectivity index (χ4n) is 5.07. The molecule has 1 aromatic rings. The number of nitrogens with one attached hydrogen (secondary N) is 3. The monoisotopic (exact) mass is 493 g/mol. The van der Waals surface area contributed by atoms with E-state index in [1.54, 1.807) is 0 Å². The van der Waals surface area contributed by atoms with Gasteiger partial charge in [-0.1, -0.05) is 37.0 Å². The highest BCUT2D eigenvalue weighted by Gasteiger charge is 2.44. The van der Waals surface area contributed by atoms with E-state index in [2.05, 4.69) is 16.0 Å². The molecule has 0 amide bonds. The fourth-order valence-corrected chi connectivity index (χ4v) is 8.21. The molecule has 8 heteroatoms. The summed E-state index contributed by atoms with van der Waals surface area (Å²) >= 11 is 0. The van der Waals surface area contributed by atoms with E-state index in [4.69, 9.17) is 4.74 Å². The van der Waals surface area contributed by atoms with E-state index < -0.39 is 13.1 Å². The van der Waals surface area contributed by atoms with Crippen molar-refractivity contribution in [3.05, 3.63) is 34.4 Å². The highest BCUT2D eigenvalue weighted by molar-refractivity contribution is 7.82. The summed E-state index contributed by atoms with van der Waals surface area (Å²) in [6.45, 7) is 7.93. The average molecular weight is 494 g/mol. The molecule has 1 aliphatic rings. The summed E-state index contributed by atoms with van der Waals surface area (Å²) in [6.07, 6.45) is 4.76. The van der Waals surface area contributed by atoms with Gasteiger partial charge < -0.3 is 25.3 Å². The highest BCUT2D eigenvalue weighted by Crippen LogP contribution is 2.58. The molecule has 3 N–H and O–H groups in total. The quantitative estimate of drug-likeness (QED) is 0.229. The number of carbonyl (C=O) groups excluding carboxylic acids is 2. The van der Waals surface area contributed by atoms with Crippen LogP contribution in [-0.2, 0) is 14.1 Å². The van der Waals surface area contributed by atoms with Crippen LogP contribution in [0.3, 0.4) is 0 Å². The van der Waals surface area contributed by atoms with Crippen molar-refractivity contribution in [1.82, 2.24) is 16.0 Å². The third kappa shape index (κ3) is 7.00. The lowest BCUT2D eigenvalue weighted by molar-refractivity contribution is -0.141. The van der Waals surface area contributed by atoms with Gasteiger partial charge in [0.1, 0.15) is 12.8 Å². The maximum absolute atomic E-state index is 14.4. The van der Waals surface area contributed by atoms with Crippen molar-refractivity contribution < 1.29 is 18.9 Å². The Labute approximate surface area is 205 Å². The topological polar surface area (TPSA) is 96.5 Å². The number of hydrogen-bond acceptors (Lipinski definition) is 7. The first kappa shape index (κ1) is 28.7. The van der Waals surface area contributed by atoms with Crippen LogP contribution in [0.25, 0.3) is 0 Å². The summed E-state index contributed by atoms with van der Waals surface area (Å²) in [5.41, 5.74) is 2.29. The molecule has 0 bridgehead atoms. The molecule has 1 saturated carbocycles. The van der Waals surface area contributed by atoms with Gasteiger partial charge in [-0.25, -0.2) is 0 Å². The van der Waals surface area contributed by atoms with Gasteiger partial charge in [-0.15, -0.1) is 0 Å². The third-order valence-electron chi connectivity index (χ3n) is 7.38. The van der Waals surface area contributed by atoms with Gasteiger partial charge in [0.2, 0.25) is 5.52 Å². The highest BCUT2D eigenvalue weighted by atomic mass is 31.2. The molecule has 7 nitrogen and oxygen atoms in total. The first-order valence-corrected chi connectivity index (χ1v) is 14.4. The Bertz CT molecular complexity index is 884. The minimum atomic E-state index is -3.51. The third-order valence-corrected chi connectivity index (χ3v) is 10.7. The number of ether oxygens (including phenoxy) is 1. The number of aryl methyl sites for hydroxylation is 3. The largest absolute Gasteiger partial charge is 0.464 e. The Kier molecular flexibility index (Phi) is 10.5. The fraction of sp³-hybridized carbons (Fsp3) is 0.692. The number of likely N-dealkylation sites (N-methyl/N-ethyl adjacent to an activating group) is 1. The Hall–Kier alpha value is -1.53. The predicted molar refractivity (Wildman–Crippen MR) is 139 cm³/mol. The number of hydrogen-bond donors (Lipinski definition) is 3. The first-order chi connectivity index (χ1) is 16.0. The summed E-state index contributed by atoms with van der Waals surface area (Å²) in [7, 11) is 2.05. The number of rotatable bonds is 12. The number of benzene rings is 1. The predicted octanol–water partition coefficient (Wildman–Crippen LogP) is 4.12. The van der Waals surface area contributed by atoms with E-state index in [9.17, 15) is 14.2 Å². The van der Waals surface area contributed by atoms with Crippen LogP contribution in [0.2, 0.25) is 0 Å². The van der Waals surface area contributed by atoms with Crippen molar-refractivity contribution in [2.45, 2.75) is 83.6 Å². The van der Waals surface area contributed by atoms with E-state index in [0.29, 0.717) is 12.0 Å². The lowest BCUT2D eigenvalue weighted by atomic mass is 10.0. The lowest BCUT2D eigenvalue weighted by Gasteiger charge is -2.33. The first-order valence-electron chi connectivity index (χ1n) is 12.4. The van der Waals surface area contributed by atoms with Crippen LogP contribution in [0.5, 0.6) is 0 Å². The molecule has 2 unspecified atom stereocenters. The Morgan fingerprint density at radius 3 is 2.12 bits per heavy atom. The number of esters is 1. The second-order valence-corrected chi connectivity index (χ2v) is 13.1. The maximum atomic E-state index is 14.4. The minimum Gasteiger partial charge on any atom is -0.464 e. The second-order valence-electron chi connectivity index (χ2n) is 10.0. The molecular weight excluding hydrogens is 449 g/mol. The van der Waals surface area contributed by atoms with Crippen LogP contribution < -0.4 is 16.0 Å². The van der Waals surface area contributed by atoms with Gasteiger partial charge in [-0.05, 0) is 79.2 Å². The molecule has 192 valence electrons. The zero-order chi connectivity index (χ0) is 25.5. The van der Waals surface area contributed by atoms with Gasteiger partial charge in [0, 0.05) is 17.3 Å². The second kappa shape index (κ2) is 12.4. The van der Waals surface area contributed by atoms with Crippen LogP contribution in [0.4, 0.5) is 0 Å². The van der Waals surface area contributed by atoms with Crippen LogP contribution in [0.15, 0.2) is 12.1 Å². The van der Waals surface area contributed by atoms with Crippen LogP contribution in [0.1, 0.15) is 72.5 Å². The van der Waals surface area contributed by atoms with E-state index in [1.165, 1.54) is 0 Å². The summed E-state index contributed by atoms with van der Waals surface area (Å²) < 4.78 is 20.0. The Morgan fingerprint density at radius 1 is 1.06 bits per heavy atom. The van der Waals surface area contributed by atoms with E-state index in [-0.39, 0.29) is 35.7 Å². The molecule has 2 rings (SSSR count). The molecule has 34 heavy (non-hydrogen) atoms. The lowest BCUT2D eigenvalue weighted by Crippen LogP contribution is -2.55. The van der Waals surface area contributed by atoms with Crippen molar-refractivity contribution in [2.24, 2.45) is 0 Å². The van der Waals surface area contributed by atoms with E-state index in [0.717, 1.165) is 48.8 Å². The van der Waals surface area contributed by atoms with Gasteiger partial charge >= 0.3 is 5.97 Å². The van der Waals surface area contributed by atoms with Crippen molar-refractivity contribution in [3.63, 3.8) is 0 Å².